The summed E-state index contributed by atoms with van der Waals surface area (Å²) < 4.78 is 0. The Morgan fingerprint density at radius 3 is 2.35 bits per heavy atom. The molecule has 0 spiro atoms. The summed E-state index contributed by atoms with van der Waals surface area (Å²) in [5.41, 5.74) is -0.148. The Balaban J connectivity index is 0.000000437. The van der Waals surface area contributed by atoms with Gasteiger partial charge >= 0.3 is 0 Å². The summed E-state index contributed by atoms with van der Waals surface area (Å²) >= 11 is 0. The molecule has 0 aromatic carbocycles. The fraction of sp³-hybridized carbons (Fsp3) is 0.600. The van der Waals surface area contributed by atoms with E-state index in [1.165, 1.54) is 32.6 Å². The number of rotatable bonds is 2. The van der Waals surface area contributed by atoms with E-state index in [9.17, 15) is 4.79 Å². The fourth-order valence-corrected chi connectivity index (χ4v) is 2.93. The van der Waals surface area contributed by atoms with Crippen molar-refractivity contribution in [3.63, 3.8) is 0 Å². The zero-order valence-electron chi connectivity index (χ0n) is 10.8. The number of ketones is 1. The molecule has 0 radical (unpaired) electrons. The first-order valence-electron chi connectivity index (χ1n) is 6.33. The minimum atomic E-state index is -0.148. The zero-order chi connectivity index (χ0) is 12.7. The number of nitriles is 1. The quantitative estimate of drug-likeness (QED) is 0.725. The lowest BCUT2D eigenvalue weighted by molar-refractivity contribution is -0.126. The summed E-state index contributed by atoms with van der Waals surface area (Å²) in [5.74, 6) is 0.950. The van der Waals surface area contributed by atoms with Crippen LogP contribution in [0.5, 0.6) is 0 Å². The van der Waals surface area contributed by atoms with E-state index in [1.54, 1.807) is 13.0 Å². The lowest BCUT2D eigenvalue weighted by atomic mass is 9.68. The van der Waals surface area contributed by atoms with Crippen LogP contribution in [0.3, 0.4) is 0 Å². The molecule has 0 heterocycles. The van der Waals surface area contributed by atoms with Gasteiger partial charge < -0.3 is 0 Å². The van der Waals surface area contributed by atoms with E-state index < -0.39 is 0 Å². The summed E-state index contributed by atoms with van der Waals surface area (Å²) in [7, 11) is 0. The first-order valence-corrected chi connectivity index (χ1v) is 6.33. The summed E-state index contributed by atoms with van der Waals surface area (Å²) in [6, 6.07) is 1.75. The van der Waals surface area contributed by atoms with Crippen LogP contribution in [0.1, 0.15) is 46.0 Å². The summed E-state index contributed by atoms with van der Waals surface area (Å²) in [6.07, 6.45) is 14.4. The molecule has 2 aliphatic carbocycles. The number of carbonyl (C=O) groups is 1. The van der Waals surface area contributed by atoms with Crippen LogP contribution in [0, 0.1) is 22.7 Å². The highest BCUT2D eigenvalue weighted by molar-refractivity contribution is 5.85. The third-order valence-electron chi connectivity index (χ3n) is 3.84. The van der Waals surface area contributed by atoms with Crippen LogP contribution < -0.4 is 0 Å². The number of Topliss-reactive ketones (excluding diaryl/α,β-unsaturated/α-hetero) is 1. The fourth-order valence-electron chi connectivity index (χ4n) is 2.93. The molecule has 1 unspecified atom stereocenters. The number of hydrogen-bond donors (Lipinski definition) is 0. The van der Waals surface area contributed by atoms with Crippen molar-refractivity contribution in [2.75, 3.05) is 0 Å². The smallest absolute Gasteiger partial charge is 0.140 e. The van der Waals surface area contributed by atoms with Crippen LogP contribution in [-0.4, -0.2) is 5.78 Å². The van der Waals surface area contributed by atoms with Gasteiger partial charge in [0.15, 0.2) is 0 Å². The normalized spacial score (nSPS) is 27.1. The Morgan fingerprint density at radius 1 is 1.35 bits per heavy atom. The highest BCUT2D eigenvalue weighted by Crippen LogP contribution is 2.45. The van der Waals surface area contributed by atoms with E-state index in [1.807, 2.05) is 6.08 Å². The molecule has 17 heavy (non-hydrogen) atoms. The molecule has 0 N–H and O–H groups in total. The lowest BCUT2D eigenvalue weighted by Crippen LogP contribution is -2.34. The largest absolute Gasteiger partial charge is 0.299 e. The summed E-state index contributed by atoms with van der Waals surface area (Å²) in [4.78, 5) is 11.8. The molecule has 1 atom stereocenters. The molecular weight excluding hydrogens is 210 g/mol. The standard InChI is InChI=1S/C13H18O.C2H3N/c1-11(14)13(9-5-2-6-10-13)12-7-3-4-8-12;1-2-3/h2,5-6,9,12H,3-4,7-8,10H2,1H3;1H3. The van der Waals surface area contributed by atoms with E-state index in [2.05, 4.69) is 18.2 Å². The molecular formula is C15H21NO. The number of allylic oxidation sites excluding steroid dienone is 4. The third kappa shape index (κ3) is 3.06. The molecule has 1 saturated carbocycles. The predicted molar refractivity (Wildman–Crippen MR) is 69.3 cm³/mol. The van der Waals surface area contributed by atoms with Crippen molar-refractivity contribution in [2.45, 2.75) is 46.0 Å². The number of carbonyl (C=O) groups excluding carboxylic acids is 1. The Labute approximate surface area is 104 Å². The zero-order valence-corrected chi connectivity index (χ0v) is 10.8. The topological polar surface area (TPSA) is 40.9 Å². The molecule has 0 aromatic rings. The lowest BCUT2D eigenvalue weighted by Gasteiger charge is -2.34. The third-order valence-corrected chi connectivity index (χ3v) is 3.84. The van der Waals surface area contributed by atoms with Crippen LogP contribution in [0.2, 0.25) is 0 Å². The molecule has 0 amide bonds. The van der Waals surface area contributed by atoms with Crippen LogP contribution in [0.25, 0.3) is 0 Å². The maximum absolute atomic E-state index is 11.8. The summed E-state index contributed by atoms with van der Waals surface area (Å²) in [6.45, 7) is 3.18. The monoisotopic (exact) mass is 231 g/mol. The highest BCUT2D eigenvalue weighted by Gasteiger charge is 2.41. The van der Waals surface area contributed by atoms with Gasteiger partial charge in [0.1, 0.15) is 5.78 Å². The molecule has 0 bridgehead atoms. The number of nitrogens with zero attached hydrogens (tertiary/aromatic N) is 1. The van der Waals surface area contributed by atoms with Crippen LogP contribution in [-0.2, 0) is 4.79 Å². The van der Waals surface area contributed by atoms with E-state index >= 15 is 0 Å². The molecule has 0 saturated heterocycles. The van der Waals surface area contributed by atoms with Gasteiger partial charge in [-0.05, 0) is 32.1 Å². The van der Waals surface area contributed by atoms with Crippen molar-refractivity contribution in [3.05, 3.63) is 24.3 Å². The van der Waals surface area contributed by atoms with Gasteiger partial charge in [-0.3, -0.25) is 4.79 Å². The Kier molecular flexibility index (Phi) is 5.15. The van der Waals surface area contributed by atoms with Gasteiger partial charge in [0, 0.05) is 6.92 Å². The maximum Gasteiger partial charge on any atom is 0.140 e. The Bertz CT molecular complexity index is 356. The highest BCUT2D eigenvalue weighted by atomic mass is 16.1. The van der Waals surface area contributed by atoms with Crippen LogP contribution >= 0.6 is 0 Å². The molecule has 0 aliphatic heterocycles. The summed E-state index contributed by atoms with van der Waals surface area (Å²) in [5, 5.41) is 7.32. The van der Waals surface area contributed by atoms with Gasteiger partial charge in [0.05, 0.1) is 11.5 Å². The number of hydrogen-bond acceptors (Lipinski definition) is 2. The van der Waals surface area contributed by atoms with Gasteiger partial charge in [-0.25, -0.2) is 0 Å². The first-order chi connectivity index (χ1) is 8.17. The van der Waals surface area contributed by atoms with E-state index in [4.69, 9.17) is 5.26 Å². The molecule has 2 aliphatic rings. The van der Waals surface area contributed by atoms with Crippen molar-refractivity contribution >= 4 is 5.78 Å². The van der Waals surface area contributed by atoms with Gasteiger partial charge in [-0.1, -0.05) is 37.1 Å². The average molecular weight is 231 g/mol. The second-order valence-corrected chi connectivity index (χ2v) is 4.79. The van der Waals surface area contributed by atoms with Crippen molar-refractivity contribution in [1.82, 2.24) is 0 Å². The molecule has 2 heteroatoms. The Morgan fingerprint density at radius 2 is 1.94 bits per heavy atom. The van der Waals surface area contributed by atoms with Crippen LogP contribution in [0.4, 0.5) is 0 Å². The molecule has 2 rings (SSSR count). The Hall–Kier alpha value is -1.36. The van der Waals surface area contributed by atoms with Gasteiger partial charge in [0.2, 0.25) is 0 Å². The van der Waals surface area contributed by atoms with Crippen LogP contribution in [0.15, 0.2) is 24.3 Å². The predicted octanol–water partition coefficient (Wildman–Crippen LogP) is 3.80. The van der Waals surface area contributed by atoms with Crippen molar-refractivity contribution in [1.29, 1.82) is 5.26 Å². The first kappa shape index (κ1) is 13.7. The molecule has 92 valence electrons. The maximum atomic E-state index is 11.8. The van der Waals surface area contributed by atoms with Crippen molar-refractivity contribution < 1.29 is 4.79 Å². The van der Waals surface area contributed by atoms with Gasteiger partial charge in [0.25, 0.3) is 0 Å². The van der Waals surface area contributed by atoms with E-state index in [0.29, 0.717) is 11.7 Å². The molecule has 0 aromatic heterocycles. The molecule has 1 fully saturated rings. The minimum absolute atomic E-state index is 0.148. The van der Waals surface area contributed by atoms with E-state index in [-0.39, 0.29) is 5.41 Å². The van der Waals surface area contributed by atoms with Gasteiger partial charge in [-0.2, -0.15) is 5.26 Å². The average Bonchev–Trinajstić information content (AvgIpc) is 2.84. The molecule has 2 nitrogen and oxygen atoms in total. The SMILES string of the molecule is CC#N.CC(=O)C1(C2CCCC2)C=CC=CC1. The minimum Gasteiger partial charge on any atom is -0.299 e. The second-order valence-electron chi connectivity index (χ2n) is 4.79. The van der Waals surface area contributed by atoms with Crippen molar-refractivity contribution in [3.8, 4) is 6.07 Å². The second kappa shape index (κ2) is 6.39. The van der Waals surface area contributed by atoms with Crippen molar-refractivity contribution in [2.24, 2.45) is 11.3 Å². The van der Waals surface area contributed by atoms with Gasteiger partial charge in [-0.15, -0.1) is 0 Å². The van der Waals surface area contributed by atoms with E-state index in [0.717, 1.165) is 6.42 Å².